The highest BCUT2D eigenvalue weighted by Crippen LogP contribution is 2.18. The maximum absolute atomic E-state index is 5.90. The first-order chi connectivity index (χ1) is 7.25. The van der Waals surface area contributed by atoms with Crippen LogP contribution in [0.1, 0.15) is 32.1 Å². The van der Waals surface area contributed by atoms with Gasteiger partial charge in [0, 0.05) is 17.8 Å². The maximum atomic E-state index is 5.90. The average molecular weight is 249 g/mol. The lowest BCUT2D eigenvalue weighted by Crippen LogP contribution is -2.44. The third kappa shape index (κ3) is 2.98. The summed E-state index contributed by atoms with van der Waals surface area (Å²) >= 11 is 11.7. The number of alkyl halides is 1. The van der Waals surface area contributed by atoms with E-state index in [1.54, 1.807) is 0 Å². The lowest BCUT2D eigenvalue weighted by atomic mass is 9.96. The summed E-state index contributed by atoms with van der Waals surface area (Å²) in [5, 5.41) is 3.31. The minimum absolute atomic E-state index is 0.467. The van der Waals surface area contributed by atoms with E-state index in [1.165, 1.54) is 42.9 Å². The molecule has 84 valence electrons. The van der Waals surface area contributed by atoms with E-state index in [-0.39, 0.29) is 0 Å². The number of guanidine groups is 1. The lowest BCUT2D eigenvalue weighted by molar-refractivity contribution is 0.408. The highest BCUT2D eigenvalue weighted by atomic mass is 35.5. The van der Waals surface area contributed by atoms with Crippen LogP contribution in [0.4, 0.5) is 0 Å². The molecule has 1 atom stereocenters. The number of aliphatic imine (C=N–C) groups is 2. The van der Waals surface area contributed by atoms with Gasteiger partial charge in [0.1, 0.15) is 6.34 Å². The van der Waals surface area contributed by atoms with Crippen molar-refractivity contribution in [2.45, 2.75) is 43.8 Å². The van der Waals surface area contributed by atoms with Gasteiger partial charge in [-0.1, -0.05) is 30.9 Å². The molecule has 1 heterocycles. The molecule has 0 saturated heterocycles. The van der Waals surface area contributed by atoms with Gasteiger partial charge >= 0.3 is 0 Å². The summed E-state index contributed by atoms with van der Waals surface area (Å²) < 4.78 is 1.35. The van der Waals surface area contributed by atoms with Gasteiger partial charge in [-0.05, 0) is 12.8 Å². The topological polar surface area (TPSA) is 40.0 Å². The van der Waals surface area contributed by atoms with Crippen molar-refractivity contribution in [3.8, 4) is 0 Å². The zero-order chi connectivity index (χ0) is 10.7. The third-order valence-electron chi connectivity index (χ3n) is 2.66. The molecule has 0 aromatic heterocycles. The van der Waals surface area contributed by atoms with E-state index in [0.29, 0.717) is 12.0 Å². The molecule has 1 aliphatic heterocycles. The Morgan fingerprint density at radius 3 is 2.80 bits per heavy atom. The molecule has 0 amide bonds. The minimum atomic E-state index is -0.550. The Bertz CT molecular complexity index is 273. The summed E-state index contributed by atoms with van der Waals surface area (Å²) in [7, 11) is 0. The van der Waals surface area contributed by atoms with Crippen molar-refractivity contribution in [1.82, 2.24) is 9.74 Å². The second-order valence-electron chi connectivity index (χ2n) is 3.82. The van der Waals surface area contributed by atoms with Gasteiger partial charge < -0.3 is 5.32 Å². The quantitative estimate of drug-likeness (QED) is 0.440. The molecule has 1 fully saturated rings. The van der Waals surface area contributed by atoms with E-state index >= 15 is 0 Å². The summed E-state index contributed by atoms with van der Waals surface area (Å²) in [5.74, 6) is 0.610. The van der Waals surface area contributed by atoms with E-state index in [2.05, 4.69) is 15.3 Å². The Kier molecular flexibility index (Phi) is 3.70. The smallest absolute Gasteiger partial charge is 0.220 e. The normalized spacial score (nSPS) is 27.7. The summed E-state index contributed by atoms with van der Waals surface area (Å²) in [6, 6.07) is 0.467. The van der Waals surface area contributed by atoms with E-state index in [1.807, 2.05) is 0 Å². The average Bonchev–Trinajstić information content (AvgIpc) is 2.25. The number of halogens is 2. The maximum Gasteiger partial charge on any atom is 0.220 e. The zero-order valence-electron chi connectivity index (χ0n) is 8.37. The van der Waals surface area contributed by atoms with Gasteiger partial charge in [-0.15, -0.1) is 0 Å². The van der Waals surface area contributed by atoms with Crippen LogP contribution in [-0.2, 0) is 0 Å². The first-order valence-electron chi connectivity index (χ1n) is 5.22. The summed E-state index contributed by atoms with van der Waals surface area (Å²) in [5.41, 5.74) is -0.550. The van der Waals surface area contributed by atoms with Gasteiger partial charge in [-0.3, -0.25) is 0 Å². The molecule has 0 aromatic carbocycles. The van der Waals surface area contributed by atoms with Crippen molar-refractivity contribution in [3.63, 3.8) is 0 Å². The van der Waals surface area contributed by atoms with Crippen molar-refractivity contribution in [2.24, 2.45) is 9.98 Å². The van der Waals surface area contributed by atoms with Crippen LogP contribution in [0.25, 0.3) is 0 Å². The van der Waals surface area contributed by atoms with Crippen LogP contribution < -0.4 is 5.32 Å². The molecule has 0 spiro atoms. The first kappa shape index (κ1) is 11.0. The lowest BCUT2D eigenvalue weighted by Gasteiger charge is -2.27. The Hall–Kier alpha value is -0.480. The Labute approximate surface area is 99.5 Å². The molecule has 2 aliphatic rings. The highest BCUT2D eigenvalue weighted by Gasteiger charge is 2.20. The van der Waals surface area contributed by atoms with Gasteiger partial charge in [0.2, 0.25) is 11.6 Å². The van der Waals surface area contributed by atoms with Crippen LogP contribution in [0.2, 0.25) is 0 Å². The van der Waals surface area contributed by atoms with Gasteiger partial charge in [-0.2, -0.15) is 0 Å². The summed E-state index contributed by atoms with van der Waals surface area (Å²) in [6.45, 7) is 0. The fourth-order valence-corrected chi connectivity index (χ4v) is 2.17. The molecular weight excluding hydrogens is 235 g/mol. The second-order valence-corrected chi connectivity index (χ2v) is 4.57. The molecule has 0 aromatic rings. The Morgan fingerprint density at radius 2 is 2.07 bits per heavy atom. The van der Waals surface area contributed by atoms with Crippen LogP contribution in [0, 0.1) is 0 Å². The Balaban J connectivity index is 1.92. The van der Waals surface area contributed by atoms with Gasteiger partial charge in [0.25, 0.3) is 0 Å². The molecule has 6 heteroatoms. The van der Waals surface area contributed by atoms with Crippen LogP contribution in [0.5, 0.6) is 0 Å². The molecule has 15 heavy (non-hydrogen) atoms. The monoisotopic (exact) mass is 248 g/mol. The van der Waals surface area contributed by atoms with Crippen LogP contribution >= 0.6 is 23.4 Å². The van der Waals surface area contributed by atoms with Crippen molar-refractivity contribution in [3.05, 3.63) is 0 Å². The third-order valence-corrected chi connectivity index (χ3v) is 3.12. The van der Waals surface area contributed by atoms with Crippen molar-refractivity contribution in [2.75, 3.05) is 0 Å². The fourth-order valence-electron chi connectivity index (χ4n) is 1.89. The molecule has 0 radical (unpaired) electrons. The number of nitrogens with one attached hydrogen (secondary N) is 1. The molecule has 0 bridgehead atoms. The number of hydrogen-bond acceptors (Lipinski definition) is 4. The van der Waals surface area contributed by atoms with Crippen LogP contribution in [-0.4, -0.2) is 28.4 Å². The minimum Gasteiger partial charge on any atom is -0.352 e. The standard InChI is InChI=1S/C9H14Cl2N4/c10-8-12-6-15(11)9(14-8)13-7-4-2-1-3-5-7/h6-8H,1-5H2,(H,13,14). The second kappa shape index (κ2) is 5.03. The predicted molar refractivity (Wildman–Crippen MR) is 63.3 cm³/mol. The van der Waals surface area contributed by atoms with Crippen molar-refractivity contribution >= 4 is 35.7 Å². The molecule has 2 rings (SSSR count). The van der Waals surface area contributed by atoms with Gasteiger partial charge in [-0.25, -0.2) is 14.4 Å². The van der Waals surface area contributed by atoms with Gasteiger partial charge in [0.15, 0.2) is 0 Å². The molecule has 1 aliphatic carbocycles. The molecule has 1 N–H and O–H groups in total. The predicted octanol–water partition coefficient (Wildman–Crippen LogP) is 2.28. The Morgan fingerprint density at radius 1 is 1.33 bits per heavy atom. The SMILES string of the molecule is ClC1N=CN(Cl)C(NC2CCCCC2)=N1. The number of hydrogen-bond donors (Lipinski definition) is 1. The fraction of sp³-hybridized carbons (Fsp3) is 0.778. The van der Waals surface area contributed by atoms with E-state index in [9.17, 15) is 0 Å². The number of rotatable bonds is 1. The summed E-state index contributed by atoms with van der Waals surface area (Å²) in [4.78, 5) is 7.99. The van der Waals surface area contributed by atoms with Crippen LogP contribution in [0.15, 0.2) is 9.98 Å². The summed E-state index contributed by atoms with van der Waals surface area (Å²) in [6.07, 6.45) is 7.70. The molecular formula is C9H14Cl2N4. The molecule has 1 saturated carbocycles. The van der Waals surface area contributed by atoms with Crippen LogP contribution in [0.3, 0.4) is 0 Å². The number of nitrogens with zero attached hydrogens (tertiary/aromatic N) is 3. The van der Waals surface area contributed by atoms with Crippen molar-refractivity contribution in [1.29, 1.82) is 0 Å². The largest absolute Gasteiger partial charge is 0.352 e. The van der Waals surface area contributed by atoms with Gasteiger partial charge in [0.05, 0.1) is 0 Å². The first-order valence-corrected chi connectivity index (χ1v) is 6.00. The van der Waals surface area contributed by atoms with Crippen molar-refractivity contribution < 1.29 is 0 Å². The zero-order valence-corrected chi connectivity index (χ0v) is 9.88. The van der Waals surface area contributed by atoms with E-state index < -0.39 is 5.62 Å². The molecule has 4 nitrogen and oxygen atoms in total. The molecule has 1 unspecified atom stereocenters. The van der Waals surface area contributed by atoms with E-state index in [4.69, 9.17) is 23.4 Å². The van der Waals surface area contributed by atoms with E-state index in [0.717, 1.165) is 0 Å². The highest BCUT2D eigenvalue weighted by molar-refractivity contribution is 6.30.